The molecule has 1 aromatic carbocycles. The Morgan fingerprint density at radius 3 is 2.38 bits per heavy atom. The molecule has 0 saturated heterocycles. The molecule has 0 aliphatic heterocycles. The number of Topliss-reactive ketones (excluding diaryl/α,β-unsaturated/α-hetero) is 1. The first kappa shape index (κ1) is 11.4. The van der Waals surface area contributed by atoms with Crippen LogP contribution in [-0.2, 0) is 4.79 Å². The minimum atomic E-state index is -1.02. The first-order chi connectivity index (χ1) is 5.65. The largest absolute Gasteiger partial charge is 0.412 e. The summed E-state index contributed by atoms with van der Waals surface area (Å²) in [5.41, 5.74) is -0.411. The summed E-state index contributed by atoms with van der Waals surface area (Å²) in [7, 11) is 0. The van der Waals surface area contributed by atoms with Crippen LogP contribution in [0.5, 0.6) is 0 Å². The number of carbonyl (C=O) groups is 2. The number of rotatable bonds is 2. The SMILES string of the molecule is O.O=CC(=O)c1ccc(F)cc1F. The number of hydrogen-bond donors (Lipinski definition) is 0. The maximum Gasteiger partial charge on any atom is 0.228 e. The van der Waals surface area contributed by atoms with Crippen LogP contribution in [0.1, 0.15) is 10.4 Å². The van der Waals surface area contributed by atoms with E-state index in [9.17, 15) is 18.4 Å². The monoisotopic (exact) mass is 188 g/mol. The van der Waals surface area contributed by atoms with Crippen LogP contribution < -0.4 is 0 Å². The van der Waals surface area contributed by atoms with Crippen molar-refractivity contribution in [2.24, 2.45) is 0 Å². The van der Waals surface area contributed by atoms with Gasteiger partial charge in [-0.05, 0) is 12.1 Å². The second-order valence-electron chi connectivity index (χ2n) is 2.11. The zero-order chi connectivity index (χ0) is 9.14. The van der Waals surface area contributed by atoms with Crippen molar-refractivity contribution in [1.82, 2.24) is 0 Å². The van der Waals surface area contributed by atoms with Gasteiger partial charge in [-0.2, -0.15) is 0 Å². The van der Waals surface area contributed by atoms with Crippen LogP contribution >= 0.6 is 0 Å². The number of carbonyl (C=O) groups excluding carboxylic acids is 2. The molecular weight excluding hydrogens is 182 g/mol. The lowest BCUT2D eigenvalue weighted by atomic mass is 10.1. The highest BCUT2D eigenvalue weighted by molar-refractivity contribution is 6.33. The molecule has 0 spiro atoms. The van der Waals surface area contributed by atoms with Gasteiger partial charge in [-0.1, -0.05) is 0 Å². The third-order valence-electron chi connectivity index (χ3n) is 1.30. The molecule has 0 saturated carbocycles. The lowest BCUT2D eigenvalue weighted by molar-refractivity contribution is -0.104. The van der Waals surface area contributed by atoms with Gasteiger partial charge < -0.3 is 5.48 Å². The number of halogens is 2. The Bertz CT molecular complexity index is 336. The van der Waals surface area contributed by atoms with E-state index in [-0.39, 0.29) is 11.8 Å². The van der Waals surface area contributed by atoms with Crippen molar-refractivity contribution < 1.29 is 23.8 Å². The molecule has 13 heavy (non-hydrogen) atoms. The maximum atomic E-state index is 12.7. The average Bonchev–Trinajstić information content (AvgIpc) is 2.03. The molecule has 0 aliphatic rings. The third-order valence-corrected chi connectivity index (χ3v) is 1.30. The molecule has 0 unspecified atom stereocenters. The van der Waals surface area contributed by atoms with Gasteiger partial charge in [0.15, 0.2) is 6.29 Å². The molecule has 0 fully saturated rings. The highest BCUT2D eigenvalue weighted by Crippen LogP contribution is 2.08. The van der Waals surface area contributed by atoms with Crippen molar-refractivity contribution in [2.45, 2.75) is 0 Å². The van der Waals surface area contributed by atoms with Gasteiger partial charge in [0.05, 0.1) is 5.56 Å². The van der Waals surface area contributed by atoms with Gasteiger partial charge in [-0.25, -0.2) is 8.78 Å². The molecule has 0 radical (unpaired) electrons. The van der Waals surface area contributed by atoms with Crippen LogP contribution in [0.3, 0.4) is 0 Å². The topological polar surface area (TPSA) is 65.6 Å². The molecule has 0 aromatic heterocycles. The van der Waals surface area contributed by atoms with E-state index in [1.807, 2.05) is 0 Å². The summed E-state index contributed by atoms with van der Waals surface area (Å²) in [5, 5.41) is 0. The van der Waals surface area contributed by atoms with E-state index in [1.165, 1.54) is 0 Å². The summed E-state index contributed by atoms with van der Waals surface area (Å²) < 4.78 is 24.9. The van der Waals surface area contributed by atoms with E-state index in [4.69, 9.17) is 0 Å². The van der Waals surface area contributed by atoms with E-state index < -0.39 is 23.0 Å². The summed E-state index contributed by atoms with van der Waals surface area (Å²) >= 11 is 0. The van der Waals surface area contributed by atoms with E-state index in [2.05, 4.69) is 0 Å². The second-order valence-corrected chi connectivity index (χ2v) is 2.11. The number of benzene rings is 1. The summed E-state index contributed by atoms with van der Waals surface area (Å²) in [6, 6.07) is 2.40. The lowest BCUT2D eigenvalue weighted by Crippen LogP contribution is -2.03. The molecule has 5 heteroatoms. The Hall–Kier alpha value is -1.62. The summed E-state index contributed by atoms with van der Waals surface area (Å²) in [6.07, 6.45) is -0.0175. The zero-order valence-corrected chi connectivity index (χ0v) is 6.38. The summed E-state index contributed by atoms with van der Waals surface area (Å²) in [5.74, 6) is -2.80. The molecular formula is C8H6F2O3. The Balaban J connectivity index is 0.00000144. The highest BCUT2D eigenvalue weighted by atomic mass is 19.1. The molecule has 0 heterocycles. The third kappa shape index (κ3) is 2.41. The second kappa shape index (κ2) is 4.42. The molecule has 1 rings (SSSR count). The minimum Gasteiger partial charge on any atom is -0.412 e. The van der Waals surface area contributed by atoms with Crippen molar-refractivity contribution in [3.8, 4) is 0 Å². The van der Waals surface area contributed by atoms with Gasteiger partial charge in [0.1, 0.15) is 11.6 Å². The van der Waals surface area contributed by atoms with E-state index in [0.29, 0.717) is 6.07 Å². The van der Waals surface area contributed by atoms with Crippen LogP contribution in [0.25, 0.3) is 0 Å². The van der Waals surface area contributed by atoms with Crippen LogP contribution in [0.2, 0.25) is 0 Å². The first-order valence-electron chi connectivity index (χ1n) is 3.09. The van der Waals surface area contributed by atoms with E-state index in [0.717, 1.165) is 12.1 Å². The average molecular weight is 188 g/mol. The van der Waals surface area contributed by atoms with E-state index in [1.54, 1.807) is 0 Å². The minimum absolute atomic E-state index is 0. The molecule has 70 valence electrons. The van der Waals surface area contributed by atoms with Crippen LogP contribution in [0.4, 0.5) is 8.78 Å². The van der Waals surface area contributed by atoms with Gasteiger partial charge in [0, 0.05) is 6.07 Å². The molecule has 0 amide bonds. The Morgan fingerprint density at radius 2 is 1.92 bits per heavy atom. The standard InChI is InChI=1S/C8H4F2O2.H2O/c9-5-1-2-6(7(10)3-5)8(12)4-11;/h1-4H;1H2. The first-order valence-corrected chi connectivity index (χ1v) is 3.09. The quantitative estimate of drug-likeness (QED) is 0.385. The smallest absolute Gasteiger partial charge is 0.228 e. The molecule has 0 bridgehead atoms. The van der Waals surface area contributed by atoms with Gasteiger partial charge in [0.25, 0.3) is 0 Å². The van der Waals surface area contributed by atoms with Gasteiger partial charge in [0.2, 0.25) is 5.78 Å². The van der Waals surface area contributed by atoms with Crippen LogP contribution in [-0.4, -0.2) is 17.5 Å². The number of ketones is 1. The Kier molecular flexibility index (Phi) is 3.87. The lowest BCUT2D eigenvalue weighted by Gasteiger charge is -1.95. The predicted octanol–water partition coefficient (Wildman–Crippen LogP) is 0.522. The summed E-state index contributed by atoms with van der Waals surface area (Å²) in [6.45, 7) is 0. The fraction of sp³-hybridized carbons (Fsp3) is 0. The molecule has 1 aromatic rings. The fourth-order valence-corrected chi connectivity index (χ4v) is 0.753. The number of aldehydes is 1. The van der Waals surface area contributed by atoms with Gasteiger partial charge in [-0.15, -0.1) is 0 Å². The van der Waals surface area contributed by atoms with Gasteiger partial charge >= 0.3 is 0 Å². The van der Waals surface area contributed by atoms with Crippen molar-refractivity contribution in [3.05, 3.63) is 35.4 Å². The maximum absolute atomic E-state index is 12.7. The highest BCUT2D eigenvalue weighted by Gasteiger charge is 2.10. The molecule has 0 aliphatic carbocycles. The molecule has 0 atom stereocenters. The van der Waals surface area contributed by atoms with Crippen LogP contribution in [0.15, 0.2) is 18.2 Å². The van der Waals surface area contributed by atoms with Crippen molar-refractivity contribution in [3.63, 3.8) is 0 Å². The van der Waals surface area contributed by atoms with Gasteiger partial charge in [-0.3, -0.25) is 9.59 Å². The van der Waals surface area contributed by atoms with Crippen molar-refractivity contribution in [1.29, 1.82) is 0 Å². The van der Waals surface area contributed by atoms with Crippen molar-refractivity contribution in [2.75, 3.05) is 0 Å². The molecule has 3 nitrogen and oxygen atoms in total. The summed E-state index contributed by atoms with van der Waals surface area (Å²) in [4.78, 5) is 20.5. The van der Waals surface area contributed by atoms with Crippen molar-refractivity contribution >= 4 is 12.1 Å². The predicted molar refractivity (Wildman–Crippen MR) is 40.4 cm³/mol. The molecule has 2 N–H and O–H groups in total. The Morgan fingerprint density at radius 1 is 1.31 bits per heavy atom. The van der Waals surface area contributed by atoms with Crippen LogP contribution in [0, 0.1) is 11.6 Å². The zero-order valence-electron chi connectivity index (χ0n) is 6.38. The number of hydrogen-bond acceptors (Lipinski definition) is 2. The normalized spacial score (nSPS) is 8.77. The Labute approximate surface area is 72.3 Å². The fourth-order valence-electron chi connectivity index (χ4n) is 0.753. The van der Waals surface area contributed by atoms with E-state index >= 15 is 0 Å².